The SMILES string of the molecule is Nc1cc(Br)ccc1-c1nc(CSC2CCCC2)no1. The number of hydrogen-bond donors (Lipinski definition) is 1. The molecule has 1 heterocycles. The van der Waals surface area contributed by atoms with Gasteiger partial charge in [0.15, 0.2) is 5.82 Å². The van der Waals surface area contributed by atoms with Crippen molar-refractivity contribution in [2.75, 3.05) is 5.73 Å². The molecule has 1 aromatic carbocycles. The number of rotatable bonds is 4. The number of hydrogen-bond acceptors (Lipinski definition) is 5. The number of aromatic nitrogens is 2. The Bertz CT molecular complexity index is 596. The van der Waals surface area contributed by atoms with Gasteiger partial charge in [0.2, 0.25) is 0 Å². The number of halogens is 1. The quantitative estimate of drug-likeness (QED) is 0.832. The highest BCUT2D eigenvalue weighted by molar-refractivity contribution is 9.10. The fraction of sp³-hybridized carbons (Fsp3) is 0.429. The standard InChI is InChI=1S/C14H16BrN3OS/c15-9-5-6-11(12(16)7-9)14-17-13(18-19-14)8-20-10-3-1-2-4-10/h5-7,10H,1-4,8,16H2. The maximum atomic E-state index is 5.97. The molecule has 0 bridgehead atoms. The Morgan fingerprint density at radius 3 is 2.90 bits per heavy atom. The molecule has 0 spiro atoms. The molecule has 0 unspecified atom stereocenters. The first-order chi connectivity index (χ1) is 9.72. The highest BCUT2D eigenvalue weighted by atomic mass is 79.9. The maximum Gasteiger partial charge on any atom is 0.260 e. The van der Waals surface area contributed by atoms with Crippen LogP contribution in [0.5, 0.6) is 0 Å². The van der Waals surface area contributed by atoms with Crippen molar-refractivity contribution in [3.05, 3.63) is 28.5 Å². The van der Waals surface area contributed by atoms with Gasteiger partial charge in [0, 0.05) is 15.4 Å². The lowest BCUT2D eigenvalue weighted by atomic mass is 10.2. The van der Waals surface area contributed by atoms with E-state index in [0.29, 0.717) is 11.6 Å². The van der Waals surface area contributed by atoms with Crippen LogP contribution < -0.4 is 5.73 Å². The summed E-state index contributed by atoms with van der Waals surface area (Å²) in [6.45, 7) is 0. The average Bonchev–Trinajstić information content (AvgIpc) is 3.07. The second kappa shape index (κ2) is 6.18. The molecular formula is C14H16BrN3OS. The second-order valence-electron chi connectivity index (χ2n) is 4.96. The van der Waals surface area contributed by atoms with Gasteiger partial charge in [-0.25, -0.2) is 0 Å². The molecule has 1 aliphatic rings. The van der Waals surface area contributed by atoms with E-state index in [9.17, 15) is 0 Å². The van der Waals surface area contributed by atoms with Crippen LogP contribution >= 0.6 is 27.7 Å². The minimum Gasteiger partial charge on any atom is -0.398 e. The largest absolute Gasteiger partial charge is 0.398 e. The molecule has 1 fully saturated rings. The summed E-state index contributed by atoms with van der Waals surface area (Å²) in [7, 11) is 0. The molecule has 0 radical (unpaired) electrons. The van der Waals surface area contributed by atoms with Crippen LogP contribution in [-0.4, -0.2) is 15.4 Å². The zero-order valence-corrected chi connectivity index (χ0v) is 13.4. The van der Waals surface area contributed by atoms with E-state index in [1.165, 1.54) is 25.7 Å². The third-order valence-corrected chi connectivity index (χ3v) is 5.32. The molecule has 4 nitrogen and oxygen atoms in total. The predicted octanol–water partition coefficient (Wildman–Crippen LogP) is 4.26. The average molecular weight is 354 g/mol. The lowest BCUT2D eigenvalue weighted by Crippen LogP contribution is -1.96. The van der Waals surface area contributed by atoms with Crippen LogP contribution in [0.1, 0.15) is 31.5 Å². The van der Waals surface area contributed by atoms with Crippen LogP contribution in [0, 0.1) is 0 Å². The molecule has 2 N–H and O–H groups in total. The number of thioether (sulfide) groups is 1. The summed E-state index contributed by atoms with van der Waals surface area (Å²) in [6.07, 6.45) is 5.33. The van der Waals surface area contributed by atoms with Gasteiger partial charge in [0.1, 0.15) is 0 Å². The zero-order valence-electron chi connectivity index (χ0n) is 11.0. The summed E-state index contributed by atoms with van der Waals surface area (Å²) >= 11 is 5.32. The number of nitrogens with zero attached hydrogens (tertiary/aromatic N) is 2. The molecule has 20 heavy (non-hydrogen) atoms. The van der Waals surface area contributed by atoms with Gasteiger partial charge in [-0.05, 0) is 31.0 Å². The molecule has 1 aromatic heterocycles. The van der Waals surface area contributed by atoms with E-state index in [-0.39, 0.29) is 0 Å². The molecule has 0 amide bonds. The Balaban J connectivity index is 1.69. The van der Waals surface area contributed by atoms with Gasteiger partial charge in [-0.3, -0.25) is 0 Å². The van der Waals surface area contributed by atoms with Crippen molar-refractivity contribution in [1.29, 1.82) is 0 Å². The number of anilines is 1. The number of nitrogens with two attached hydrogens (primary N) is 1. The van der Waals surface area contributed by atoms with Gasteiger partial charge in [-0.1, -0.05) is 33.9 Å². The summed E-state index contributed by atoms with van der Waals surface area (Å²) in [4.78, 5) is 4.44. The van der Waals surface area contributed by atoms with Crippen molar-refractivity contribution in [3.8, 4) is 11.5 Å². The molecule has 6 heteroatoms. The van der Waals surface area contributed by atoms with E-state index in [2.05, 4.69) is 26.1 Å². The van der Waals surface area contributed by atoms with Gasteiger partial charge >= 0.3 is 0 Å². The van der Waals surface area contributed by atoms with Crippen molar-refractivity contribution in [2.24, 2.45) is 0 Å². The van der Waals surface area contributed by atoms with Crippen LogP contribution in [0.4, 0.5) is 5.69 Å². The van der Waals surface area contributed by atoms with Crippen molar-refractivity contribution in [2.45, 2.75) is 36.7 Å². The van der Waals surface area contributed by atoms with Gasteiger partial charge in [-0.2, -0.15) is 16.7 Å². The fourth-order valence-corrected chi connectivity index (χ4v) is 3.95. The summed E-state index contributed by atoms with van der Waals surface area (Å²) in [5.74, 6) is 2.06. The molecule has 0 aliphatic heterocycles. The topological polar surface area (TPSA) is 64.9 Å². The minimum atomic E-state index is 0.497. The van der Waals surface area contributed by atoms with E-state index < -0.39 is 0 Å². The van der Waals surface area contributed by atoms with Crippen molar-refractivity contribution >= 4 is 33.4 Å². The van der Waals surface area contributed by atoms with Crippen molar-refractivity contribution < 1.29 is 4.52 Å². The predicted molar refractivity (Wildman–Crippen MR) is 85.4 cm³/mol. The molecule has 106 valence electrons. The first-order valence-electron chi connectivity index (χ1n) is 6.72. The van der Waals surface area contributed by atoms with E-state index in [4.69, 9.17) is 10.3 Å². The number of benzene rings is 1. The highest BCUT2D eigenvalue weighted by Gasteiger charge is 2.17. The molecule has 1 aliphatic carbocycles. The lowest BCUT2D eigenvalue weighted by molar-refractivity contribution is 0.425. The molecule has 2 aromatic rings. The molecule has 3 rings (SSSR count). The molecule has 0 saturated heterocycles. The van der Waals surface area contributed by atoms with Crippen LogP contribution in [0.15, 0.2) is 27.2 Å². The minimum absolute atomic E-state index is 0.497. The monoisotopic (exact) mass is 353 g/mol. The summed E-state index contributed by atoms with van der Waals surface area (Å²) in [5, 5.41) is 4.80. The summed E-state index contributed by atoms with van der Waals surface area (Å²) in [5.41, 5.74) is 7.40. The Labute approximate surface area is 130 Å². The molecule has 1 saturated carbocycles. The number of nitrogen functional groups attached to an aromatic ring is 1. The molecular weight excluding hydrogens is 338 g/mol. The van der Waals surface area contributed by atoms with Crippen molar-refractivity contribution in [3.63, 3.8) is 0 Å². The Kier molecular flexibility index (Phi) is 4.31. The van der Waals surface area contributed by atoms with Gasteiger partial charge in [0.05, 0.1) is 11.3 Å². The first-order valence-corrected chi connectivity index (χ1v) is 8.56. The smallest absolute Gasteiger partial charge is 0.260 e. The summed E-state index contributed by atoms with van der Waals surface area (Å²) in [6, 6.07) is 5.65. The Morgan fingerprint density at radius 2 is 2.15 bits per heavy atom. The van der Waals surface area contributed by atoms with Crippen LogP contribution in [0.2, 0.25) is 0 Å². The maximum absolute atomic E-state index is 5.97. The van der Waals surface area contributed by atoms with E-state index in [0.717, 1.165) is 26.9 Å². The third kappa shape index (κ3) is 3.17. The van der Waals surface area contributed by atoms with E-state index in [1.54, 1.807) is 0 Å². The van der Waals surface area contributed by atoms with Crippen molar-refractivity contribution in [1.82, 2.24) is 10.1 Å². The van der Waals surface area contributed by atoms with Gasteiger partial charge < -0.3 is 10.3 Å². The van der Waals surface area contributed by atoms with Gasteiger partial charge in [-0.15, -0.1) is 0 Å². The Hall–Kier alpha value is -1.01. The van der Waals surface area contributed by atoms with Crippen LogP contribution in [-0.2, 0) is 5.75 Å². The fourth-order valence-electron chi connectivity index (χ4n) is 2.40. The highest BCUT2D eigenvalue weighted by Crippen LogP contribution is 2.32. The molecule has 0 atom stereocenters. The van der Waals surface area contributed by atoms with Gasteiger partial charge in [0.25, 0.3) is 5.89 Å². The lowest BCUT2D eigenvalue weighted by Gasteiger charge is -2.04. The first kappa shape index (κ1) is 13.9. The summed E-state index contributed by atoms with van der Waals surface area (Å²) < 4.78 is 6.26. The third-order valence-electron chi connectivity index (χ3n) is 3.46. The normalized spacial score (nSPS) is 15.8. The van der Waals surface area contributed by atoms with E-state index in [1.807, 2.05) is 30.0 Å². The van der Waals surface area contributed by atoms with E-state index >= 15 is 0 Å². The zero-order chi connectivity index (χ0) is 13.9. The second-order valence-corrected chi connectivity index (χ2v) is 7.17. The Morgan fingerprint density at radius 1 is 1.35 bits per heavy atom. The van der Waals surface area contributed by atoms with Crippen LogP contribution in [0.25, 0.3) is 11.5 Å². The van der Waals surface area contributed by atoms with Crippen LogP contribution in [0.3, 0.4) is 0 Å².